The maximum Gasteiger partial charge on any atom is 0.261 e. The van der Waals surface area contributed by atoms with Gasteiger partial charge in [-0.25, -0.2) is 4.68 Å². The van der Waals surface area contributed by atoms with E-state index in [1.165, 1.54) is 0 Å². The molecule has 0 aliphatic carbocycles. The van der Waals surface area contributed by atoms with Gasteiger partial charge in [-0.2, -0.15) is 5.10 Å². The number of carbonyl (C=O) groups excluding carboxylic acids is 1. The number of aryl methyl sites for hydroxylation is 1. The van der Waals surface area contributed by atoms with E-state index in [2.05, 4.69) is 28.7 Å². The Morgan fingerprint density at radius 1 is 1.21 bits per heavy atom. The van der Waals surface area contributed by atoms with E-state index in [1.54, 1.807) is 10.9 Å². The van der Waals surface area contributed by atoms with Gasteiger partial charge in [0.05, 0.1) is 12.8 Å². The first-order valence-corrected chi connectivity index (χ1v) is 9.09. The molecular formula is C17H27N5O2. The largest absolute Gasteiger partial charge is 0.477 e. The van der Waals surface area contributed by atoms with Gasteiger partial charge in [0.1, 0.15) is 5.56 Å². The second-order valence-electron chi connectivity index (χ2n) is 7.32. The zero-order valence-electron chi connectivity index (χ0n) is 14.6. The van der Waals surface area contributed by atoms with Crippen LogP contribution < -0.4 is 4.74 Å². The summed E-state index contributed by atoms with van der Waals surface area (Å²) in [5, 5.41) is 4.28. The van der Waals surface area contributed by atoms with Crippen LogP contribution in [0.5, 0.6) is 5.88 Å². The average molecular weight is 333 g/mol. The van der Waals surface area contributed by atoms with Gasteiger partial charge in [-0.05, 0) is 13.8 Å². The van der Waals surface area contributed by atoms with Gasteiger partial charge in [0.15, 0.2) is 0 Å². The monoisotopic (exact) mass is 333 g/mol. The lowest BCUT2D eigenvalue weighted by molar-refractivity contribution is 0.00294. The van der Waals surface area contributed by atoms with Crippen molar-refractivity contribution in [1.29, 1.82) is 0 Å². The van der Waals surface area contributed by atoms with Crippen LogP contribution in [0.3, 0.4) is 0 Å². The Balaban J connectivity index is 1.31. The fourth-order valence-corrected chi connectivity index (χ4v) is 3.86. The lowest BCUT2D eigenvalue weighted by Crippen LogP contribution is -2.64. The molecule has 4 heterocycles. The predicted molar refractivity (Wildman–Crippen MR) is 90.3 cm³/mol. The van der Waals surface area contributed by atoms with Gasteiger partial charge in [-0.3, -0.25) is 14.6 Å². The number of nitrogens with zero attached hydrogens (tertiary/aromatic N) is 5. The van der Waals surface area contributed by atoms with Gasteiger partial charge < -0.3 is 9.64 Å². The van der Waals surface area contributed by atoms with E-state index in [-0.39, 0.29) is 5.91 Å². The molecule has 0 atom stereocenters. The van der Waals surface area contributed by atoms with Crippen LogP contribution >= 0.6 is 0 Å². The maximum absolute atomic E-state index is 12.7. The van der Waals surface area contributed by atoms with E-state index < -0.39 is 0 Å². The third-order valence-electron chi connectivity index (χ3n) is 5.52. The van der Waals surface area contributed by atoms with Crippen LogP contribution in [0.25, 0.3) is 0 Å². The van der Waals surface area contributed by atoms with Crippen molar-refractivity contribution in [2.45, 2.75) is 38.9 Å². The molecular weight excluding hydrogens is 306 g/mol. The van der Waals surface area contributed by atoms with Crippen LogP contribution in [-0.2, 0) is 6.54 Å². The van der Waals surface area contributed by atoms with E-state index in [4.69, 9.17) is 4.74 Å². The summed E-state index contributed by atoms with van der Waals surface area (Å²) in [7, 11) is 0. The molecule has 0 radical (unpaired) electrons. The van der Waals surface area contributed by atoms with Crippen molar-refractivity contribution in [3.8, 4) is 5.88 Å². The summed E-state index contributed by atoms with van der Waals surface area (Å²) in [6, 6.07) is 1.13. The molecule has 1 aromatic heterocycles. The summed E-state index contributed by atoms with van der Waals surface area (Å²) in [6.45, 7) is 12.2. The molecule has 1 aromatic rings. The normalized spacial score (nSPS) is 23.0. The summed E-state index contributed by atoms with van der Waals surface area (Å²) in [5.41, 5.74) is 0.623. The molecule has 0 N–H and O–H groups in total. The van der Waals surface area contributed by atoms with Gasteiger partial charge in [-0.1, -0.05) is 0 Å². The highest BCUT2D eigenvalue weighted by atomic mass is 16.5. The molecule has 0 bridgehead atoms. The molecule has 2 saturated heterocycles. The highest BCUT2D eigenvalue weighted by Crippen LogP contribution is 2.26. The standard InChI is InChI=1S/C17H27N5O2/c1-13(2)19-5-7-20(8-6-19)14-11-21(12-14)16(23)15-10-18-22-4-3-9-24-17(15)22/h10,13-14H,3-9,11-12H2,1-2H3. The number of fused-ring (bicyclic) bond motifs is 1. The van der Waals surface area contributed by atoms with Gasteiger partial charge >= 0.3 is 0 Å². The molecule has 0 aromatic carbocycles. The van der Waals surface area contributed by atoms with E-state index >= 15 is 0 Å². The molecule has 132 valence electrons. The minimum atomic E-state index is 0.0650. The van der Waals surface area contributed by atoms with Gasteiger partial charge in [0, 0.05) is 64.3 Å². The number of piperazine rings is 1. The average Bonchev–Trinajstić information content (AvgIpc) is 2.98. The number of aromatic nitrogens is 2. The Labute approximate surface area is 143 Å². The summed E-state index contributed by atoms with van der Waals surface area (Å²) in [6.07, 6.45) is 2.62. The summed E-state index contributed by atoms with van der Waals surface area (Å²) >= 11 is 0. The summed E-state index contributed by atoms with van der Waals surface area (Å²) < 4.78 is 7.45. The number of carbonyl (C=O) groups is 1. The molecule has 0 saturated carbocycles. The maximum atomic E-state index is 12.7. The second-order valence-corrected chi connectivity index (χ2v) is 7.32. The van der Waals surface area contributed by atoms with E-state index in [1.807, 2.05) is 4.90 Å². The topological polar surface area (TPSA) is 53.8 Å². The lowest BCUT2D eigenvalue weighted by atomic mass is 10.0. The SMILES string of the molecule is CC(C)N1CCN(C2CN(C(=O)c3cnn4c3OCCC4)C2)CC1. The highest BCUT2D eigenvalue weighted by molar-refractivity contribution is 5.96. The minimum absolute atomic E-state index is 0.0650. The summed E-state index contributed by atoms with van der Waals surface area (Å²) in [4.78, 5) is 19.7. The minimum Gasteiger partial charge on any atom is -0.477 e. The first-order valence-electron chi connectivity index (χ1n) is 9.09. The van der Waals surface area contributed by atoms with Crippen molar-refractivity contribution in [2.75, 3.05) is 45.9 Å². The van der Waals surface area contributed by atoms with Gasteiger partial charge in [0.25, 0.3) is 5.91 Å². The molecule has 0 unspecified atom stereocenters. The van der Waals surface area contributed by atoms with Crippen LogP contribution in [0.1, 0.15) is 30.6 Å². The molecule has 7 nitrogen and oxygen atoms in total. The van der Waals surface area contributed by atoms with Crippen molar-refractivity contribution >= 4 is 5.91 Å². The van der Waals surface area contributed by atoms with Gasteiger partial charge in [0.2, 0.25) is 5.88 Å². The number of hydrogen-bond acceptors (Lipinski definition) is 5. The second kappa shape index (κ2) is 6.37. The van der Waals surface area contributed by atoms with E-state index in [9.17, 15) is 4.79 Å². The van der Waals surface area contributed by atoms with Crippen molar-refractivity contribution in [3.05, 3.63) is 11.8 Å². The third-order valence-corrected chi connectivity index (χ3v) is 5.52. The van der Waals surface area contributed by atoms with Crippen LogP contribution in [0.2, 0.25) is 0 Å². The fraction of sp³-hybridized carbons (Fsp3) is 0.765. The molecule has 3 aliphatic heterocycles. The number of likely N-dealkylation sites (tertiary alicyclic amines) is 1. The smallest absolute Gasteiger partial charge is 0.261 e. The van der Waals surface area contributed by atoms with Crippen LogP contribution in [0.15, 0.2) is 6.20 Å². The van der Waals surface area contributed by atoms with Crippen molar-refractivity contribution in [3.63, 3.8) is 0 Å². The molecule has 0 spiro atoms. The number of amides is 1. The predicted octanol–water partition coefficient (Wildman–Crippen LogP) is 0.516. The van der Waals surface area contributed by atoms with Gasteiger partial charge in [-0.15, -0.1) is 0 Å². The summed E-state index contributed by atoms with van der Waals surface area (Å²) in [5.74, 6) is 0.718. The van der Waals surface area contributed by atoms with Crippen molar-refractivity contribution in [2.24, 2.45) is 0 Å². The molecule has 3 aliphatic rings. The lowest BCUT2D eigenvalue weighted by Gasteiger charge is -2.48. The fourth-order valence-electron chi connectivity index (χ4n) is 3.86. The van der Waals surface area contributed by atoms with Crippen LogP contribution in [-0.4, -0.2) is 88.3 Å². The van der Waals surface area contributed by atoms with Crippen LogP contribution in [0.4, 0.5) is 0 Å². The molecule has 7 heteroatoms. The van der Waals surface area contributed by atoms with Crippen molar-refractivity contribution in [1.82, 2.24) is 24.5 Å². The quantitative estimate of drug-likeness (QED) is 0.807. The number of rotatable bonds is 3. The Bertz CT molecular complexity index is 600. The molecule has 2 fully saturated rings. The first kappa shape index (κ1) is 15.9. The van der Waals surface area contributed by atoms with Crippen LogP contribution in [0, 0.1) is 0 Å². The van der Waals surface area contributed by atoms with E-state index in [0.717, 1.165) is 52.2 Å². The Morgan fingerprint density at radius 3 is 2.67 bits per heavy atom. The third kappa shape index (κ3) is 2.80. The molecule has 4 rings (SSSR count). The Morgan fingerprint density at radius 2 is 1.96 bits per heavy atom. The zero-order valence-corrected chi connectivity index (χ0v) is 14.6. The Hall–Kier alpha value is -1.60. The first-order chi connectivity index (χ1) is 11.6. The number of ether oxygens (including phenoxy) is 1. The molecule has 1 amide bonds. The van der Waals surface area contributed by atoms with E-state index in [0.29, 0.717) is 30.1 Å². The number of hydrogen-bond donors (Lipinski definition) is 0. The highest BCUT2D eigenvalue weighted by Gasteiger charge is 2.38. The zero-order chi connectivity index (χ0) is 16.7. The Kier molecular flexibility index (Phi) is 4.22. The molecule has 24 heavy (non-hydrogen) atoms. The van der Waals surface area contributed by atoms with Crippen molar-refractivity contribution < 1.29 is 9.53 Å².